The molecule has 1 saturated carbocycles. The Hall–Kier alpha value is -0.560. The smallest absolute Gasteiger partial charge is 0.0612 e. The van der Waals surface area contributed by atoms with E-state index in [-0.39, 0.29) is 6.61 Å². The van der Waals surface area contributed by atoms with Gasteiger partial charge in [0.1, 0.15) is 0 Å². The first kappa shape index (κ1) is 8.54. The van der Waals surface area contributed by atoms with Crippen LogP contribution in [0.1, 0.15) is 19.3 Å². The Morgan fingerprint density at radius 2 is 2.09 bits per heavy atom. The van der Waals surface area contributed by atoms with Crippen molar-refractivity contribution in [3.63, 3.8) is 0 Å². The van der Waals surface area contributed by atoms with Crippen LogP contribution in [-0.4, -0.2) is 11.7 Å². The van der Waals surface area contributed by atoms with Gasteiger partial charge < -0.3 is 5.11 Å². The molecule has 0 heterocycles. The summed E-state index contributed by atoms with van der Waals surface area (Å²) in [6.45, 7) is 3.97. The first-order valence-electron chi connectivity index (χ1n) is 4.28. The van der Waals surface area contributed by atoms with E-state index in [2.05, 4.69) is 12.7 Å². The lowest BCUT2D eigenvalue weighted by Gasteiger charge is -2.09. The van der Waals surface area contributed by atoms with Gasteiger partial charge in [-0.3, -0.25) is 0 Å². The van der Waals surface area contributed by atoms with Gasteiger partial charge in [0, 0.05) is 0 Å². The lowest BCUT2D eigenvalue weighted by atomic mass is 9.96. The van der Waals surface area contributed by atoms with Gasteiger partial charge in [0.15, 0.2) is 0 Å². The Labute approximate surface area is 68.4 Å². The molecule has 0 amide bonds. The third kappa shape index (κ3) is 2.19. The van der Waals surface area contributed by atoms with Crippen LogP contribution in [0.3, 0.4) is 0 Å². The number of rotatable bonds is 3. The summed E-state index contributed by atoms with van der Waals surface area (Å²) in [6.07, 6.45) is 9.83. The second-order valence-corrected chi connectivity index (χ2v) is 3.11. The van der Waals surface area contributed by atoms with Gasteiger partial charge in [-0.05, 0) is 24.7 Å². The van der Waals surface area contributed by atoms with Crippen LogP contribution in [0, 0.1) is 11.8 Å². The van der Waals surface area contributed by atoms with E-state index < -0.39 is 0 Å². The zero-order valence-corrected chi connectivity index (χ0v) is 6.87. The molecule has 0 radical (unpaired) electrons. The van der Waals surface area contributed by atoms with Crippen LogP contribution in [0.2, 0.25) is 0 Å². The van der Waals surface area contributed by atoms with E-state index in [4.69, 9.17) is 5.11 Å². The molecule has 0 aromatic rings. The number of aliphatic hydroxyl groups is 1. The highest BCUT2D eigenvalue weighted by molar-refractivity contribution is 5.00. The van der Waals surface area contributed by atoms with Crippen LogP contribution in [0.15, 0.2) is 24.8 Å². The Balaban J connectivity index is 2.43. The van der Waals surface area contributed by atoms with Crippen molar-refractivity contribution in [3.05, 3.63) is 24.8 Å². The Kier molecular flexibility index (Phi) is 3.37. The first-order valence-corrected chi connectivity index (χ1v) is 4.28. The van der Waals surface area contributed by atoms with E-state index >= 15 is 0 Å². The third-order valence-electron chi connectivity index (χ3n) is 2.42. The van der Waals surface area contributed by atoms with Gasteiger partial charge in [0.25, 0.3) is 0 Å². The molecule has 2 atom stereocenters. The normalized spacial score (nSPS) is 31.4. The quantitative estimate of drug-likeness (QED) is 0.614. The molecule has 1 rings (SSSR count). The molecule has 1 N–H and O–H groups in total. The monoisotopic (exact) mass is 152 g/mol. The van der Waals surface area contributed by atoms with Crippen molar-refractivity contribution in [2.24, 2.45) is 11.8 Å². The molecule has 0 aliphatic heterocycles. The molecule has 0 aromatic carbocycles. The van der Waals surface area contributed by atoms with Crippen LogP contribution in [0.5, 0.6) is 0 Å². The fraction of sp³-hybridized carbons (Fsp3) is 0.600. The zero-order chi connectivity index (χ0) is 8.10. The van der Waals surface area contributed by atoms with Gasteiger partial charge in [-0.2, -0.15) is 0 Å². The third-order valence-corrected chi connectivity index (χ3v) is 2.42. The maximum absolute atomic E-state index is 8.57. The summed E-state index contributed by atoms with van der Waals surface area (Å²) in [7, 11) is 0. The summed E-state index contributed by atoms with van der Waals surface area (Å²) in [5.74, 6) is 1.29. The van der Waals surface area contributed by atoms with E-state index in [0.717, 1.165) is 0 Å². The lowest BCUT2D eigenvalue weighted by Crippen LogP contribution is -2.00. The van der Waals surface area contributed by atoms with E-state index in [1.807, 2.05) is 12.2 Å². The highest BCUT2D eigenvalue weighted by atomic mass is 16.2. The molecule has 0 bridgehead atoms. The standard InChI is InChI=1S/C10H16O/c1-2-9-5-3-6-10(9)7-4-8-11/h2,4,7,9-11H,1,3,5-6,8H2/b7-4+/t9-,10+/m1/s1. The molecule has 0 saturated heterocycles. The molecule has 62 valence electrons. The van der Waals surface area contributed by atoms with Crippen LogP contribution >= 0.6 is 0 Å². The summed E-state index contributed by atoms with van der Waals surface area (Å²) in [5.41, 5.74) is 0. The Morgan fingerprint density at radius 3 is 2.73 bits per heavy atom. The van der Waals surface area contributed by atoms with Gasteiger partial charge in [-0.1, -0.05) is 24.6 Å². The largest absolute Gasteiger partial charge is 0.392 e. The molecule has 0 unspecified atom stereocenters. The Morgan fingerprint density at radius 1 is 1.36 bits per heavy atom. The second-order valence-electron chi connectivity index (χ2n) is 3.11. The van der Waals surface area contributed by atoms with Gasteiger partial charge in [0.2, 0.25) is 0 Å². The topological polar surface area (TPSA) is 20.2 Å². The minimum atomic E-state index is 0.167. The lowest BCUT2D eigenvalue weighted by molar-refractivity contribution is 0.341. The van der Waals surface area contributed by atoms with Crippen LogP contribution in [0.25, 0.3) is 0 Å². The number of aliphatic hydroxyl groups excluding tert-OH is 1. The molecular weight excluding hydrogens is 136 g/mol. The van der Waals surface area contributed by atoms with Gasteiger partial charge in [-0.15, -0.1) is 6.58 Å². The molecule has 1 heteroatoms. The van der Waals surface area contributed by atoms with Crippen LogP contribution in [-0.2, 0) is 0 Å². The first-order chi connectivity index (χ1) is 5.38. The predicted molar refractivity (Wildman–Crippen MR) is 47.3 cm³/mol. The van der Waals surface area contributed by atoms with E-state index in [1.54, 1.807) is 0 Å². The maximum atomic E-state index is 8.57. The predicted octanol–water partition coefficient (Wildman–Crippen LogP) is 2.14. The SMILES string of the molecule is C=C[C@@H]1CCC[C@H]1/C=C/CO. The summed E-state index contributed by atoms with van der Waals surface area (Å²) >= 11 is 0. The molecule has 0 spiro atoms. The van der Waals surface area contributed by atoms with Crippen molar-refractivity contribution in [1.29, 1.82) is 0 Å². The van der Waals surface area contributed by atoms with Gasteiger partial charge in [0.05, 0.1) is 6.61 Å². The molecule has 11 heavy (non-hydrogen) atoms. The molecular formula is C10H16O. The van der Waals surface area contributed by atoms with Crippen molar-refractivity contribution < 1.29 is 5.11 Å². The van der Waals surface area contributed by atoms with Crippen molar-refractivity contribution >= 4 is 0 Å². The molecule has 1 fully saturated rings. The van der Waals surface area contributed by atoms with Crippen molar-refractivity contribution in [1.82, 2.24) is 0 Å². The zero-order valence-electron chi connectivity index (χ0n) is 6.87. The highest BCUT2D eigenvalue weighted by Crippen LogP contribution is 2.33. The average molecular weight is 152 g/mol. The van der Waals surface area contributed by atoms with E-state index in [0.29, 0.717) is 11.8 Å². The van der Waals surface area contributed by atoms with Crippen LogP contribution in [0.4, 0.5) is 0 Å². The summed E-state index contributed by atoms with van der Waals surface area (Å²) in [6, 6.07) is 0. The molecule has 0 aromatic heterocycles. The minimum Gasteiger partial charge on any atom is -0.392 e. The van der Waals surface area contributed by atoms with Crippen molar-refractivity contribution in [3.8, 4) is 0 Å². The van der Waals surface area contributed by atoms with Gasteiger partial charge >= 0.3 is 0 Å². The van der Waals surface area contributed by atoms with Crippen LogP contribution < -0.4 is 0 Å². The number of hydrogen-bond acceptors (Lipinski definition) is 1. The van der Waals surface area contributed by atoms with Gasteiger partial charge in [-0.25, -0.2) is 0 Å². The summed E-state index contributed by atoms with van der Waals surface area (Å²) in [5, 5.41) is 8.57. The Bertz CT molecular complexity index is 149. The second kappa shape index (κ2) is 4.35. The molecule has 1 aliphatic rings. The summed E-state index contributed by atoms with van der Waals surface area (Å²) in [4.78, 5) is 0. The molecule has 1 nitrogen and oxygen atoms in total. The number of allylic oxidation sites excluding steroid dienone is 2. The molecule has 1 aliphatic carbocycles. The maximum Gasteiger partial charge on any atom is 0.0612 e. The number of hydrogen-bond donors (Lipinski definition) is 1. The van der Waals surface area contributed by atoms with Crippen molar-refractivity contribution in [2.75, 3.05) is 6.61 Å². The van der Waals surface area contributed by atoms with Crippen molar-refractivity contribution in [2.45, 2.75) is 19.3 Å². The minimum absolute atomic E-state index is 0.167. The average Bonchev–Trinajstić information content (AvgIpc) is 2.47. The summed E-state index contributed by atoms with van der Waals surface area (Å²) < 4.78 is 0. The highest BCUT2D eigenvalue weighted by Gasteiger charge is 2.21. The van der Waals surface area contributed by atoms with E-state index in [9.17, 15) is 0 Å². The van der Waals surface area contributed by atoms with E-state index in [1.165, 1.54) is 19.3 Å². The fourth-order valence-corrected chi connectivity index (χ4v) is 1.78. The fourth-order valence-electron chi connectivity index (χ4n) is 1.78.